The van der Waals surface area contributed by atoms with Crippen molar-refractivity contribution in [1.29, 1.82) is 0 Å². The molecule has 9 heteroatoms. The number of nitrogens with zero attached hydrogens (tertiary/aromatic N) is 3. The number of carbonyl (C=O) groups is 2. The van der Waals surface area contributed by atoms with Crippen molar-refractivity contribution in [3.8, 4) is 0 Å². The maximum Gasteiger partial charge on any atom is 0.332 e. The van der Waals surface area contributed by atoms with Crippen LogP contribution in [0.1, 0.15) is 17.4 Å². The molecule has 2 heterocycles. The van der Waals surface area contributed by atoms with Gasteiger partial charge in [0.15, 0.2) is 0 Å². The SMILES string of the molecule is C[C@H](NC(=O)c1ccc2c(=O)n(C)c(=O)n(C)c2n1)C(=O)O. The highest BCUT2D eigenvalue weighted by Gasteiger charge is 2.18. The van der Waals surface area contributed by atoms with Crippen LogP contribution >= 0.6 is 0 Å². The van der Waals surface area contributed by atoms with Crippen LogP contribution in [-0.4, -0.2) is 37.1 Å². The molecule has 2 N–H and O–H groups in total. The van der Waals surface area contributed by atoms with Crippen molar-refractivity contribution in [1.82, 2.24) is 19.4 Å². The molecule has 2 aromatic rings. The zero-order valence-corrected chi connectivity index (χ0v) is 12.2. The Balaban J connectivity index is 2.56. The van der Waals surface area contributed by atoms with Gasteiger partial charge in [-0.05, 0) is 19.1 Å². The van der Waals surface area contributed by atoms with Crippen LogP contribution in [0.3, 0.4) is 0 Å². The first-order chi connectivity index (χ1) is 10.2. The highest BCUT2D eigenvalue weighted by atomic mass is 16.4. The largest absolute Gasteiger partial charge is 0.480 e. The first-order valence-electron chi connectivity index (χ1n) is 6.34. The summed E-state index contributed by atoms with van der Waals surface area (Å²) in [5.41, 5.74) is -1.11. The molecule has 0 saturated carbocycles. The monoisotopic (exact) mass is 306 g/mol. The lowest BCUT2D eigenvalue weighted by atomic mass is 10.2. The van der Waals surface area contributed by atoms with Gasteiger partial charge >= 0.3 is 11.7 Å². The van der Waals surface area contributed by atoms with E-state index in [-0.39, 0.29) is 16.7 Å². The van der Waals surface area contributed by atoms with Gasteiger partial charge in [0.25, 0.3) is 11.5 Å². The van der Waals surface area contributed by atoms with Gasteiger partial charge in [-0.15, -0.1) is 0 Å². The van der Waals surface area contributed by atoms with Gasteiger partial charge in [0, 0.05) is 14.1 Å². The van der Waals surface area contributed by atoms with Crippen molar-refractivity contribution in [2.24, 2.45) is 14.1 Å². The molecule has 0 aliphatic rings. The van der Waals surface area contributed by atoms with E-state index in [0.29, 0.717) is 0 Å². The van der Waals surface area contributed by atoms with Gasteiger partial charge in [-0.2, -0.15) is 0 Å². The van der Waals surface area contributed by atoms with Crippen LogP contribution in [0.5, 0.6) is 0 Å². The van der Waals surface area contributed by atoms with Crippen molar-refractivity contribution >= 4 is 22.9 Å². The summed E-state index contributed by atoms with van der Waals surface area (Å²) in [4.78, 5) is 50.5. The van der Waals surface area contributed by atoms with Gasteiger partial charge in [-0.3, -0.25) is 23.5 Å². The Labute approximate surface area is 123 Å². The molecule has 1 atom stereocenters. The zero-order chi connectivity index (χ0) is 16.6. The summed E-state index contributed by atoms with van der Waals surface area (Å²) >= 11 is 0. The number of fused-ring (bicyclic) bond motifs is 1. The topological polar surface area (TPSA) is 123 Å². The van der Waals surface area contributed by atoms with E-state index in [9.17, 15) is 19.2 Å². The number of carboxylic acid groups (broad SMARTS) is 1. The Hall–Kier alpha value is -2.97. The molecule has 1 amide bonds. The minimum atomic E-state index is -1.18. The number of pyridine rings is 1. The number of aliphatic carboxylic acids is 1. The van der Waals surface area contributed by atoms with Gasteiger partial charge < -0.3 is 10.4 Å². The van der Waals surface area contributed by atoms with Gasteiger partial charge in [-0.25, -0.2) is 9.78 Å². The Kier molecular flexibility index (Phi) is 3.81. The maximum absolute atomic E-state index is 12.0. The molecule has 0 aliphatic carbocycles. The fourth-order valence-electron chi connectivity index (χ4n) is 1.91. The highest BCUT2D eigenvalue weighted by molar-refractivity contribution is 5.96. The Morgan fingerprint density at radius 2 is 1.86 bits per heavy atom. The van der Waals surface area contributed by atoms with Crippen LogP contribution in [0.25, 0.3) is 11.0 Å². The van der Waals surface area contributed by atoms with Gasteiger partial charge in [-0.1, -0.05) is 0 Å². The average molecular weight is 306 g/mol. The van der Waals surface area contributed by atoms with Crippen molar-refractivity contribution in [3.63, 3.8) is 0 Å². The summed E-state index contributed by atoms with van der Waals surface area (Å²) in [7, 11) is 2.78. The lowest BCUT2D eigenvalue weighted by Gasteiger charge is -2.10. The number of aryl methyl sites for hydroxylation is 1. The van der Waals surface area contributed by atoms with Crippen molar-refractivity contribution in [3.05, 3.63) is 38.7 Å². The standard InChI is InChI=1S/C13H14N4O5/c1-6(12(20)21)14-10(18)8-5-4-7-9(15-8)16(2)13(22)17(3)11(7)19/h4-6H,1-3H3,(H,14,18)(H,20,21)/t6-/m0/s1. The van der Waals surface area contributed by atoms with E-state index in [1.165, 1.54) is 33.2 Å². The molecule has 2 aromatic heterocycles. The third kappa shape index (κ3) is 2.48. The van der Waals surface area contributed by atoms with E-state index in [4.69, 9.17) is 5.11 Å². The zero-order valence-electron chi connectivity index (χ0n) is 12.2. The summed E-state index contributed by atoms with van der Waals surface area (Å²) in [6.45, 7) is 1.31. The van der Waals surface area contributed by atoms with E-state index in [2.05, 4.69) is 10.3 Å². The number of hydrogen-bond acceptors (Lipinski definition) is 5. The van der Waals surface area contributed by atoms with E-state index >= 15 is 0 Å². The first kappa shape index (κ1) is 15.4. The summed E-state index contributed by atoms with van der Waals surface area (Å²) in [5.74, 6) is -1.89. The second-order valence-electron chi connectivity index (χ2n) is 4.81. The molecule has 0 spiro atoms. The maximum atomic E-state index is 12.0. The molecule has 0 aliphatic heterocycles. The molecular weight excluding hydrogens is 292 g/mol. The van der Waals surface area contributed by atoms with Gasteiger partial charge in [0.05, 0.1) is 5.39 Å². The van der Waals surface area contributed by atoms with Crippen LogP contribution in [0.2, 0.25) is 0 Å². The fraction of sp³-hybridized carbons (Fsp3) is 0.308. The predicted molar refractivity (Wildman–Crippen MR) is 76.8 cm³/mol. The summed E-state index contributed by atoms with van der Waals surface area (Å²) in [5, 5.41) is 11.2. The van der Waals surface area contributed by atoms with E-state index in [1.54, 1.807) is 0 Å². The number of amides is 1. The van der Waals surface area contributed by atoms with Gasteiger partial charge in [0.2, 0.25) is 0 Å². The number of rotatable bonds is 3. The molecule has 0 radical (unpaired) electrons. The number of carbonyl (C=O) groups excluding carboxylic acids is 1. The molecule has 0 fully saturated rings. The Morgan fingerprint density at radius 3 is 2.45 bits per heavy atom. The minimum absolute atomic E-state index is 0.0590. The number of nitrogens with one attached hydrogen (secondary N) is 1. The third-order valence-corrected chi connectivity index (χ3v) is 3.25. The molecule has 116 valence electrons. The van der Waals surface area contributed by atoms with Crippen LogP contribution < -0.4 is 16.6 Å². The molecule has 22 heavy (non-hydrogen) atoms. The third-order valence-electron chi connectivity index (χ3n) is 3.25. The molecular formula is C13H14N4O5. The summed E-state index contributed by atoms with van der Waals surface area (Å²) in [6, 6.07) is 1.60. The first-order valence-corrected chi connectivity index (χ1v) is 6.34. The molecule has 0 bridgehead atoms. The van der Waals surface area contributed by atoms with Crippen molar-refractivity contribution in [2.75, 3.05) is 0 Å². The summed E-state index contributed by atoms with van der Waals surface area (Å²) < 4.78 is 2.09. The molecule has 2 rings (SSSR count). The van der Waals surface area contributed by atoms with E-state index in [0.717, 1.165) is 9.13 Å². The molecule has 9 nitrogen and oxygen atoms in total. The fourth-order valence-corrected chi connectivity index (χ4v) is 1.91. The van der Waals surface area contributed by atoms with Crippen LogP contribution in [0.15, 0.2) is 21.7 Å². The number of aromatic nitrogens is 3. The smallest absolute Gasteiger partial charge is 0.332 e. The molecule has 0 unspecified atom stereocenters. The molecule has 0 saturated heterocycles. The van der Waals surface area contributed by atoms with Crippen LogP contribution in [-0.2, 0) is 18.9 Å². The highest BCUT2D eigenvalue weighted by Crippen LogP contribution is 2.06. The predicted octanol–water partition coefficient (Wildman–Crippen LogP) is -1.16. The normalized spacial score (nSPS) is 12.1. The van der Waals surface area contributed by atoms with Gasteiger partial charge in [0.1, 0.15) is 17.4 Å². The van der Waals surface area contributed by atoms with Crippen LogP contribution in [0.4, 0.5) is 0 Å². The van der Waals surface area contributed by atoms with Crippen molar-refractivity contribution in [2.45, 2.75) is 13.0 Å². The number of hydrogen-bond donors (Lipinski definition) is 2. The second-order valence-corrected chi connectivity index (χ2v) is 4.81. The minimum Gasteiger partial charge on any atom is -0.480 e. The summed E-state index contributed by atoms with van der Waals surface area (Å²) in [6.07, 6.45) is 0. The Morgan fingerprint density at radius 1 is 1.23 bits per heavy atom. The van der Waals surface area contributed by atoms with Crippen molar-refractivity contribution < 1.29 is 14.7 Å². The van der Waals surface area contributed by atoms with E-state index < -0.39 is 29.2 Å². The molecule has 0 aromatic carbocycles. The lowest BCUT2D eigenvalue weighted by molar-refractivity contribution is -0.138. The van der Waals surface area contributed by atoms with Crippen LogP contribution in [0, 0.1) is 0 Å². The Bertz CT molecular complexity index is 896. The lowest BCUT2D eigenvalue weighted by Crippen LogP contribution is -2.39. The second kappa shape index (κ2) is 5.43. The van der Waals surface area contributed by atoms with E-state index in [1.807, 2.05) is 0 Å². The average Bonchev–Trinajstić information content (AvgIpc) is 2.49. The number of carboxylic acids is 1. The quantitative estimate of drug-likeness (QED) is 0.737.